The number of thiazole rings is 1. The minimum absolute atomic E-state index is 0.0353. The van der Waals surface area contributed by atoms with Gasteiger partial charge in [0.1, 0.15) is 0 Å². The second kappa shape index (κ2) is 9.19. The first-order valence-corrected chi connectivity index (χ1v) is 13.5. The summed E-state index contributed by atoms with van der Waals surface area (Å²) in [5.74, 6) is -0.887. The van der Waals surface area contributed by atoms with Crippen molar-refractivity contribution in [3.05, 3.63) is 64.7 Å². The Labute approximate surface area is 201 Å². The van der Waals surface area contributed by atoms with E-state index in [1.54, 1.807) is 29.7 Å². The molecule has 8 nitrogen and oxygen atoms in total. The summed E-state index contributed by atoms with van der Waals surface area (Å²) in [6.07, 6.45) is 6.62. The topological polar surface area (TPSA) is 108 Å². The fourth-order valence-electron chi connectivity index (χ4n) is 4.26. The number of nitrogens with zero attached hydrogens (tertiary/aromatic N) is 2. The van der Waals surface area contributed by atoms with Crippen molar-refractivity contribution in [1.82, 2.24) is 10.3 Å². The third kappa shape index (κ3) is 4.30. The molecule has 0 saturated carbocycles. The number of carbonyl (C=O) groups excluding carboxylic acids is 2. The lowest BCUT2D eigenvalue weighted by molar-refractivity contribution is 0.0949. The molecular weight excluding hydrogens is 472 g/mol. The van der Waals surface area contributed by atoms with Crippen LogP contribution in [0, 0.1) is 0 Å². The van der Waals surface area contributed by atoms with E-state index in [4.69, 9.17) is 0 Å². The molecule has 176 valence electrons. The van der Waals surface area contributed by atoms with Crippen LogP contribution in [0.2, 0.25) is 0 Å². The summed E-state index contributed by atoms with van der Waals surface area (Å²) in [5.41, 5.74) is 0.433. The molecule has 0 aliphatic carbocycles. The first kappa shape index (κ1) is 22.5. The lowest BCUT2D eigenvalue weighted by Crippen LogP contribution is -2.23. The highest BCUT2D eigenvalue weighted by molar-refractivity contribution is 7.91. The van der Waals surface area contributed by atoms with Crippen LogP contribution >= 0.6 is 11.3 Å². The molecule has 1 saturated heterocycles. The molecule has 2 N–H and O–H groups in total. The zero-order valence-corrected chi connectivity index (χ0v) is 20.0. The molecule has 2 amide bonds. The van der Waals surface area contributed by atoms with Crippen molar-refractivity contribution in [2.75, 3.05) is 23.3 Å². The maximum Gasteiger partial charge on any atom is 0.257 e. The number of amides is 2. The smallest absolute Gasteiger partial charge is 0.257 e. The van der Waals surface area contributed by atoms with Crippen molar-refractivity contribution in [2.24, 2.45) is 0 Å². The van der Waals surface area contributed by atoms with Gasteiger partial charge in [0.05, 0.1) is 27.6 Å². The van der Waals surface area contributed by atoms with E-state index in [1.165, 1.54) is 56.0 Å². The molecule has 0 unspecified atom stereocenters. The van der Waals surface area contributed by atoms with Crippen LogP contribution in [-0.2, 0) is 16.4 Å². The molecule has 34 heavy (non-hydrogen) atoms. The van der Waals surface area contributed by atoms with Crippen molar-refractivity contribution in [1.29, 1.82) is 0 Å². The largest absolute Gasteiger partial charge is 0.348 e. The normalized spacial score (nSPS) is 17.1. The minimum atomic E-state index is -3.91. The minimum Gasteiger partial charge on any atom is -0.348 e. The molecule has 3 aromatic rings. The van der Waals surface area contributed by atoms with Gasteiger partial charge in [-0.15, -0.1) is 11.3 Å². The Kier molecular flexibility index (Phi) is 6.09. The summed E-state index contributed by atoms with van der Waals surface area (Å²) >= 11 is 1.57. The number of sulfone groups is 1. The average molecular weight is 497 g/mol. The fourth-order valence-corrected chi connectivity index (χ4v) is 6.75. The molecule has 1 fully saturated rings. The molecular formula is C24H24N4O4S2. The van der Waals surface area contributed by atoms with Gasteiger partial charge in [-0.25, -0.2) is 13.4 Å². The molecule has 0 spiro atoms. The van der Waals surface area contributed by atoms with Crippen LogP contribution in [0.25, 0.3) is 0 Å². The van der Waals surface area contributed by atoms with Gasteiger partial charge in [0.25, 0.3) is 11.8 Å². The second-order valence-corrected chi connectivity index (χ2v) is 11.3. The fraction of sp³-hybridized carbons (Fsp3) is 0.292. The number of nitrogens with one attached hydrogen (secondary N) is 2. The Morgan fingerprint density at radius 2 is 1.82 bits per heavy atom. The van der Waals surface area contributed by atoms with Crippen molar-refractivity contribution in [2.45, 2.75) is 42.0 Å². The summed E-state index contributed by atoms with van der Waals surface area (Å²) in [5, 5.41) is 6.48. The van der Waals surface area contributed by atoms with E-state index in [0.717, 1.165) is 23.1 Å². The summed E-state index contributed by atoms with van der Waals surface area (Å²) < 4.78 is 26.2. The highest BCUT2D eigenvalue weighted by Gasteiger charge is 2.31. The van der Waals surface area contributed by atoms with Gasteiger partial charge in [0.2, 0.25) is 9.84 Å². The van der Waals surface area contributed by atoms with Crippen molar-refractivity contribution in [3.8, 4) is 0 Å². The number of fused-ring (bicyclic) bond motifs is 2. The highest BCUT2D eigenvalue weighted by Crippen LogP contribution is 2.34. The quantitative estimate of drug-likeness (QED) is 0.568. The van der Waals surface area contributed by atoms with E-state index in [0.29, 0.717) is 6.54 Å². The summed E-state index contributed by atoms with van der Waals surface area (Å²) in [6, 6.07) is 10.3. The molecule has 2 aliphatic heterocycles. The van der Waals surface area contributed by atoms with Crippen molar-refractivity contribution < 1.29 is 18.0 Å². The number of hydrogen-bond acceptors (Lipinski definition) is 7. The maximum absolute atomic E-state index is 13.1. The summed E-state index contributed by atoms with van der Waals surface area (Å²) in [7, 11) is -3.91. The first-order valence-electron chi connectivity index (χ1n) is 11.2. The van der Waals surface area contributed by atoms with Gasteiger partial charge in [0.15, 0.2) is 5.13 Å². The van der Waals surface area contributed by atoms with E-state index in [-0.39, 0.29) is 32.5 Å². The number of carbonyl (C=O) groups is 2. The van der Waals surface area contributed by atoms with Gasteiger partial charge < -0.3 is 15.5 Å². The Morgan fingerprint density at radius 3 is 2.62 bits per heavy atom. The van der Waals surface area contributed by atoms with Gasteiger partial charge in [-0.1, -0.05) is 25.0 Å². The van der Waals surface area contributed by atoms with Crippen LogP contribution in [0.1, 0.15) is 51.3 Å². The van der Waals surface area contributed by atoms with E-state index in [1.807, 2.05) is 0 Å². The van der Waals surface area contributed by atoms with E-state index < -0.39 is 15.7 Å². The zero-order chi connectivity index (χ0) is 23.7. The van der Waals surface area contributed by atoms with Crippen LogP contribution in [-0.4, -0.2) is 38.3 Å². The molecule has 5 rings (SSSR count). The Hall–Kier alpha value is -3.24. The SMILES string of the molecule is O=C(NCc1cnc(N2CCCCCC2)s1)c1ccc2c(c1)NC(=O)c1ccccc1S2(=O)=O. The number of benzene rings is 2. The molecule has 1 aromatic heterocycles. The van der Waals surface area contributed by atoms with E-state index in [9.17, 15) is 18.0 Å². The Bertz CT molecular complexity index is 1360. The van der Waals surface area contributed by atoms with Crippen LogP contribution in [0.4, 0.5) is 10.8 Å². The molecule has 2 aromatic carbocycles. The zero-order valence-electron chi connectivity index (χ0n) is 18.4. The van der Waals surface area contributed by atoms with E-state index >= 15 is 0 Å². The predicted octanol–water partition coefficient (Wildman–Crippen LogP) is 3.85. The number of hydrogen-bond donors (Lipinski definition) is 2. The average Bonchev–Trinajstić information content (AvgIpc) is 3.11. The maximum atomic E-state index is 13.1. The Morgan fingerprint density at radius 1 is 1.06 bits per heavy atom. The van der Waals surface area contributed by atoms with Gasteiger partial charge >= 0.3 is 0 Å². The van der Waals surface area contributed by atoms with Crippen LogP contribution in [0.15, 0.2) is 58.5 Å². The molecule has 0 atom stereocenters. The number of aromatic nitrogens is 1. The van der Waals surface area contributed by atoms with Gasteiger partial charge in [0, 0.05) is 29.7 Å². The third-order valence-corrected chi connectivity index (χ3v) is 8.97. The van der Waals surface area contributed by atoms with Crippen LogP contribution in [0.3, 0.4) is 0 Å². The highest BCUT2D eigenvalue weighted by atomic mass is 32.2. The lowest BCUT2D eigenvalue weighted by Gasteiger charge is -2.18. The van der Waals surface area contributed by atoms with Crippen molar-refractivity contribution in [3.63, 3.8) is 0 Å². The molecule has 3 heterocycles. The third-order valence-electron chi connectivity index (χ3n) is 6.04. The van der Waals surface area contributed by atoms with Gasteiger partial charge in [-0.3, -0.25) is 9.59 Å². The second-order valence-electron chi connectivity index (χ2n) is 8.36. The Balaban J connectivity index is 1.32. The van der Waals surface area contributed by atoms with Gasteiger partial charge in [-0.05, 0) is 43.2 Å². The molecule has 2 aliphatic rings. The monoisotopic (exact) mass is 496 g/mol. The van der Waals surface area contributed by atoms with E-state index in [2.05, 4.69) is 20.5 Å². The predicted molar refractivity (Wildman–Crippen MR) is 130 cm³/mol. The lowest BCUT2D eigenvalue weighted by atomic mass is 10.1. The molecule has 0 radical (unpaired) electrons. The van der Waals surface area contributed by atoms with Gasteiger partial charge in [-0.2, -0.15) is 0 Å². The van der Waals surface area contributed by atoms with Crippen molar-refractivity contribution >= 4 is 43.8 Å². The number of anilines is 2. The van der Waals surface area contributed by atoms with Crippen LogP contribution in [0.5, 0.6) is 0 Å². The summed E-state index contributed by atoms with van der Waals surface area (Å²) in [4.78, 5) is 33.1. The summed E-state index contributed by atoms with van der Waals surface area (Å²) in [6.45, 7) is 2.33. The first-order chi connectivity index (χ1) is 16.4. The molecule has 10 heteroatoms. The standard InChI is InChI=1S/C24H24N4O4S2/c29-22(25-14-17-15-26-24(33-17)28-11-5-1-2-6-12-28)16-9-10-21-19(13-16)27-23(30)18-7-3-4-8-20(18)34(21,31)32/h3-4,7-10,13,15H,1-2,5-6,11-12,14H2,(H,25,29)(H,27,30). The molecule has 0 bridgehead atoms. The number of rotatable bonds is 4. The van der Waals surface area contributed by atoms with Crippen LogP contribution < -0.4 is 15.5 Å².